The fourth-order valence-electron chi connectivity index (χ4n) is 0.502. The molecule has 0 saturated heterocycles. The molecule has 0 aromatic rings. The van der Waals surface area contributed by atoms with Gasteiger partial charge in [0.15, 0.2) is 0 Å². The summed E-state index contributed by atoms with van der Waals surface area (Å²) in [6.45, 7) is 2.35. The number of rotatable bonds is 4. The van der Waals surface area contributed by atoms with Gasteiger partial charge in [0.2, 0.25) is 0 Å². The van der Waals surface area contributed by atoms with Gasteiger partial charge < -0.3 is 0 Å². The molecule has 0 aliphatic rings. The maximum atomic E-state index is 10.6. The Morgan fingerprint density at radius 3 is 2.78 bits per heavy atom. The Labute approximate surface area is 71.9 Å². The van der Waals surface area contributed by atoms with Crippen molar-refractivity contribution in [2.75, 3.05) is 6.61 Å². The van der Waals surface area contributed by atoms with Crippen molar-refractivity contribution >= 4 is 5.97 Å². The molecule has 0 heterocycles. The van der Waals surface area contributed by atoms with Crippen molar-refractivity contribution < 1.29 is 35.7 Å². The first kappa shape index (κ1) is 9.41. The molecule has 0 rings (SSSR count). The van der Waals surface area contributed by atoms with E-state index in [1.807, 2.05) is 6.92 Å². The Balaban J connectivity index is 3.06. The van der Waals surface area contributed by atoms with Crippen LogP contribution in [0, 0.1) is 0 Å². The molecule has 0 aliphatic carbocycles. The molecular weight excluding hydrogens is 305 g/mol. The molecule has 0 aromatic carbocycles. The second-order valence-corrected chi connectivity index (χ2v) is 4.51. The van der Waals surface area contributed by atoms with Crippen LogP contribution >= 0.6 is 0 Å². The molecule has 0 fully saturated rings. The average Bonchev–Trinajstić information content (AvgIpc) is 1.85. The molecule has 9 heavy (non-hydrogen) atoms. The number of carbonyl (C=O) groups excluding carboxylic acids is 1. The fraction of sp³-hybridized carbons (Fsp3) is 0.833. The number of esters is 1. The van der Waals surface area contributed by atoms with E-state index in [2.05, 4.69) is 0 Å². The summed E-state index contributed by atoms with van der Waals surface area (Å²) in [5.74, 6) is -0.0389. The van der Waals surface area contributed by atoms with Gasteiger partial charge in [-0.1, -0.05) is 0 Å². The summed E-state index contributed by atoms with van der Waals surface area (Å²) in [6.07, 6.45) is 1.65. The zero-order valence-electron chi connectivity index (χ0n) is 5.85. The first-order valence-corrected chi connectivity index (χ1v) is 7.15. The summed E-state index contributed by atoms with van der Waals surface area (Å²) in [6, 6.07) is 0. The van der Waals surface area contributed by atoms with Crippen molar-refractivity contribution in [2.45, 2.75) is 23.7 Å². The molecule has 0 saturated carbocycles. The topological polar surface area (TPSA) is 26.3 Å². The minimum atomic E-state index is -0.0389. The Kier molecular flexibility index (Phi) is 6.82. The van der Waals surface area contributed by atoms with Crippen molar-refractivity contribution in [3.63, 3.8) is 0 Å². The standard InChI is InChI=1S/C6H11O2.Hg/c1-3-5-6(7)8-4-2;/h1,3-5H2,2H3;. The maximum absolute atomic E-state index is 10.6. The van der Waals surface area contributed by atoms with E-state index in [9.17, 15) is 4.79 Å². The van der Waals surface area contributed by atoms with Gasteiger partial charge in [-0.2, -0.15) is 0 Å². The van der Waals surface area contributed by atoms with E-state index < -0.39 is 0 Å². The molecule has 0 bridgehead atoms. The Hall–Kier alpha value is 0.405. The SMILES string of the molecule is CCOC(=O)CC[CH2][Hg]. The van der Waals surface area contributed by atoms with Crippen LogP contribution in [0.2, 0.25) is 3.93 Å². The minimum absolute atomic E-state index is 0.0389. The van der Waals surface area contributed by atoms with E-state index in [0.717, 1.165) is 32.5 Å². The summed E-state index contributed by atoms with van der Waals surface area (Å²) in [7, 11) is 0. The van der Waals surface area contributed by atoms with Crippen LogP contribution in [0.1, 0.15) is 19.8 Å². The van der Waals surface area contributed by atoms with Crippen LogP contribution in [-0.4, -0.2) is 12.6 Å². The van der Waals surface area contributed by atoms with Gasteiger partial charge in [0.05, 0.1) is 0 Å². The predicted molar refractivity (Wildman–Crippen MR) is 30.7 cm³/mol. The van der Waals surface area contributed by atoms with Crippen molar-refractivity contribution in [3.05, 3.63) is 0 Å². The van der Waals surface area contributed by atoms with Gasteiger partial charge in [-0.3, -0.25) is 0 Å². The van der Waals surface area contributed by atoms with E-state index in [1.165, 1.54) is 3.93 Å². The normalized spacial score (nSPS) is 9.22. The third-order valence-corrected chi connectivity index (χ3v) is 2.88. The zero-order valence-corrected chi connectivity index (χ0v) is 11.3. The molecular formula is C6H11HgO2. The van der Waals surface area contributed by atoms with Crippen LogP contribution in [0.15, 0.2) is 0 Å². The third-order valence-electron chi connectivity index (χ3n) is 0.936. The molecule has 2 nitrogen and oxygen atoms in total. The zero-order chi connectivity index (χ0) is 7.11. The Morgan fingerprint density at radius 1 is 1.67 bits per heavy atom. The van der Waals surface area contributed by atoms with E-state index >= 15 is 0 Å². The molecule has 0 spiro atoms. The molecule has 0 aliphatic heterocycles. The van der Waals surface area contributed by atoms with Gasteiger partial charge in [-0.15, -0.1) is 0 Å². The molecule has 0 radical (unpaired) electrons. The molecule has 0 atom stereocenters. The molecule has 0 N–H and O–H groups in total. The number of ether oxygens (including phenoxy) is 1. The van der Waals surface area contributed by atoms with Gasteiger partial charge in [-0.05, 0) is 0 Å². The van der Waals surface area contributed by atoms with Crippen molar-refractivity contribution in [1.29, 1.82) is 0 Å². The van der Waals surface area contributed by atoms with Crippen molar-refractivity contribution in [2.24, 2.45) is 0 Å². The molecule has 0 aromatic heterocycles. The Morgan fingerprint density at radius 2 is 2.33 bits per heavy atom. The predicted octanol–water partition coefficient (Wildman–Crippen LogP) is 1.29. The summed E-state index contributed by atoms with van der Waals surface area (Å²) in [5.41, 5.74) is 0. The number of hydrogen-bond donors (Lipinski definition) is 0. The quantitative estimate of drug-likeness (QED) is 0.577. The summed E-state index contributed by atoms with van der Waals surface area (Å²) < 4.78 is 5.98. The monoisotopic (exact) mass is 317 g/mol. The van der Waals surface area contributed by atoms with Crippen LogP contribution in [0.4, 0.5) is 0 Å². The van der Waals surface area contributed by atoms with E-state index in [4.69, 9.17) is 4.74 Å². The summed E-state index contributed by atoms with van der Waals surface area (Å²) >= 11 is 0.845. The summed E-state index contributed by atoms with van der Waals surface area (Å²) in [5, 5.41) is 0. The van der Waals surface area contributed by atoms with Crippen molar-refractivity contribution in [3.8, 4) is 0 Å². The number of carbonyl (C=O) groups is 1. The van der Waals surface area contributed by atoms with Crippen LogP contribution < -0.4 is 0 Å². The third kappa shape index (κ3) is 6.29. The first-order chi connectivity index (χ1) is 4.31. The van der Waals surface area contributed by atoms with Gasteiger partial charge in [0.25, 0.3) is 0 Å². The first-order valence-electron chi connectivity index (χ1n) is 3.26. The van der Waals surface area contributed by atoms with Crippen LogP contribution in [0.5, 0.6) is 0 Å². The van der Waals surface area contributed by atoms with Gasteiger partial charge in [0.1, 0.15) is 0 Å². The summed E-state index contributed by atoms with van der Waals surface area (Å²) in [4.78, 5) is 10.6. The Bertz CT molecular complexity index is 83.1. The van der Waals surface area contributed by atoms with E-state index in [-0.39, 0.29) is 5.97 Å². The number of hydrogen-bond acceptors (Lipinski definition) is 2. The molecule has 0 amide bonds. The van der Waals surface area contributed by atoms with Gasteiger partial charge in [-0.25, -0.2) is 0 Å². The molecule has 49 valence electrons. The van der Waals surface area contributed by atoms with Crippen molar-refractivity contribution in [1.82, 2.24) is 0 Å². The molecule has 3 heteroatoms. The molecule has 0 unspecified atom stereocenters. The van der Waals surface area contributed by atoms with Gasteiger partial charge >= 0.3 is 71.9 Å². The van der Waals surface area contributed by atoms with Crippen LogP contribution in [0.25, 0.3) is 0 Å². The van der Waals surface area contributed by atoms with Gasteiger partial charge in [0, 0.05) is 0 Å². The van der Waals surface area contributed by atoms with Crippen LogP contribution in [-0.2, 0) is 35.7 Å². The average molecular weight is 316 g/mol. The van der Waals surface area contributed by atoms with E-state index in [0.29, 0.717) is 13.0 Å². The fourth-order valence-corrected chi connectivity index (χ4v) is 1.47. The second kappa shape index (κ2) is 6.52. The second-order valence-electron chi connectivity index (χ2n) is 1.76. The van der Waals surface area contributed by atoms with E-state index in [1.54, 1.807) is 0 Å². The van der Waals surface area contributed by atoms with Crippen LogP contribution in [0.3, 0.4) is 0 Å².